The maximum atomic E-state index is 14.1. The van der Waals surface area contributed by atoms with E-state index in [1.54, 1.807) is 12.1 Å². The monoisotopic (exact) mass is 583 g/mol. The molecule has 0 radical (unpaired) electrons. The molecule has 1 saturated carbocycles. The Balaban J connectivity index is 1.37. The van der Waals surface area contributed by atoms with Gasteiger partial charge in [-0.05, 0) is 61.2 Å². The summed E-state index contributed by atoms with van der Waals surface area (Å²) in [6, 6.07) is 6.16. The molecular formula is C26H26F5N5O3S. The lowest BCUT2D eigenvalue weighted by Crippen LogP contribution is -2.57. The molecule has 2 bridgehead atoms. The summed E-state index contributed by atoms with van der Waals surface area (Å²) in [6.45, 7) is 0.361. The summed E-state index contributed by atoms with van der Waals surface area (Å²) < 4.78 is 97.3. The number of nitrogens with one attached hydrogen (secondary N) is 2. The molecule has 2 aromatic rings. The molecule has 40 heavy (non-hydrogen) atoms. The average Bonchev–Trinajstić information content (AvgIpc) is 3.35. The van der Waals surface area contributed by atoms with Gasteiger partial charge in [-0.3, -0.25) is 10.1 Å². The van der Waals surface area contributed by atoms with Gasteiger partial charge in [0.15, 0.2) is 0 Å². The van der Waals surface area contributed by atoms with Gasteiger partial charge in [-0.1, -0.05) is 12.1 Å². The number of nitriles is 1. The SMILES string of the molecule is N#CC1(NC(=O)[C@H](CS(=O)(=O)N2C[C@@H]3C[C@H]2CN3c2ccc(F)cc2)N[C@@H](c2ccc(F)cc2)C(F)(F)F)CC1. The number of anilines is 1. The normalized spacial score (nSPS) is 23.4. The van der Waals surface area contributed by atoms with E-state index in [9.17, 15) is 40.4 Å². The van der Waals surface area contributed by atoms with Crippen LogP contribution >= 0.6 is 0 Å². The van der Waals surface area contributed by atoms with Crippen LogP contribution in [0.3, 0.4) is 0 Å². The van der Waals surface area contributed by atoms with Gasteiger partial charge >= 0.3 is 6.18 Å². The summed E-state index contributed by atoms with van der Waals surface area (Å²) >= 11 is 0. The number of benzene rings is 2. The molecule has 8 nitrogen and oxygen atoms in total. The molecule has 5 rings (SSSR count). The van der Waals surface area contributed by atoms with Crippen molar-refractivity contribution in [1.82, 2.24) is 14.9 Å². The Kier molecular flexibility index (Phi) is 7.26. The van der Waals surface area contributed by atoms with Crippen LogP contribution in [0.1, 0.15) is 30.9 Å². The standard InChI is InChI=1S/C26H26F5N5O3S/c27-17-3-1-16(2-4-17)23(26(29,30)31)33-22(24(37)34-25(15-32)9-10-25)14-40(38,39)36-13-20-11-21(36)12-35(20)19-7-5-18(28)6-8-19/h1-8,20-23,33H,9-14H2,(H,34,37)/t20-,21-,22-,23-/m0/s1. The molecule has 2 aromatic carbocycles. The number of hydrogen-bond donors (Lipinski definition) is 2. The van der Waals surface area contributed by atoms with Crippen LogP contribution in [0.4, 0.5) is 27.6 Å². The second-order valence-electron chi connectivity index (χ2n) is 10.4. The van der Waals surface area contributed by atoms with Crippen LogP contribution in [-0.2, 0) is 14.8 Å². The van der Waals surface area contributed by atoms with Crippen LogP contribution in [0.2, 0.25) is 0 Å². The predicted molar refractivity (Wildman–Crippen MR) is 134 cm³/mol. The first kappa shape index (κ1) is 28.3. The van der Waals surface area contributed by atoms with Gasteiger partial charge in [0.2, 0.25) is 15.9 Å². The first-order valence-electron chi connectivity index (χ1n) is 12.6. The fourth-order valence-electron chi connectivity index (χ4n) is 5.37. The van der Waals surface area contributed by atoms with Crippen molar-refractivity contribution in [2.75, 3.05) is 23.7 Å². The Bertz CT molecular complexity index is 1410. The zero-order chi connectivity index (χ0) is 28.9. The third-order valence-corrected chi connectivity index (χ3v) is 9.54. The molecule has 0 unspecified atom stereocenters. The van der Waals surface area contributed by atoms with Crippen LogP contribution in [-0.4, -0.2) is 67.3 Å². The van der Waals surface area contributed by atoms with E-state index in [-0.39, 0.29) is 12.6 Å². The van der Waals surface area contributed by atoms with Crippen molar-refractivity contribution >= 4 is 21.6 Å². The van der Waals surface area contributed by atoms with Crippen LogP contribution in [0.5, 0.6) is 0 Å². The minimum atomic E-state index is -4.95. The average molecular weight is 584 g/mol. The number of nitrogens with zero attached hydrogens (tertiary/aromatic N) is 3. The number of fused-ring (bicyclic) bond motifs is 2. The van der Waals surface area contributed by atoms with Crippen molar-refractivity contribution in [2.24, 2.45) is 0 Å². The highest BCUT2D eigenvalue weighted by atomic mass is 32.2. The van der Waals surface area contributed by atoms with E-state index < -0.39 is 68.7 Å². The molecule has 1 amide bonds. The van der Waals surface area contributed by atoms with Gasteiger partial charge in [0.25, 0.3) is 0 Å². The zero-order valence-corrected chi connectivity index (χ0v) is 21.9. The molecule has 14 heteroatoms. The summed E-state index contributed by atoms with van der Waals surface area (Å²) in [6.07, 6.45) is -3.89. The molecule has 2 saturated heterocycles. The van der Waals surface area contributed by atoms with Crippen LogP contribution in [0.25, 0.3) is 0 Å². The molecule has 2 N–H and O–H groups in total. The van der Waals surface area contributed by atoms with Gasteiger partial charge in [-0.2, -0.15) is 22.7 Å². The Morgan fingerprint density at radius 1 is 1.02 bits per heavy atom. The quantitative estimate of drug-likeness (QED) is 0.440. The summed E-state index contributed by atoms with van der Waals surface area (Å²) in [5.74, 6) is -3.19. The van der Waals surface area contributed by atoms with Crippen LogP contribution < -0.4 is 15.5 Å². The molecule has 2 heterocycles. The minimum absolute atomic E-state index is 0.0571. The summed E-state index contributed by atoms with van der Waals surface area (Å²) in [4.78, 5) is 15.1. The lowest BCUT2D eigenvalue weighted by Gasteiger charge is -2.36. The molecule has 4 atom stereocenters. The van der Waals surface area contributed by atoms with Crippen LogP contribution in [0, 0.1) is 23.0 Å². The number of carbonyl (C=O) groups is 1. The van der Waals surface area contributed by atoms with Gasteiger partial charge < -0.3 is 10.2 Å². The minimum Gasteiger partial charge on any atom is -0.366 e. The lowest BCUT2D eigenvalue weighted by atomic mass is 10.0. The molecule has 0 spiro atoms. The van der Waals surface area contributed by atoms with Crippen LogP contribution in [0.15, 0.2) is 48.5 Å². The number of carbonyl (C=O) groups excluding carboxylic acids is 1. The molecule has 1 aliphatic carbocycles. The molecule has 2 aliphatic heterocycles. The van der Waals surface area contributed by atoms with E-state index >= 15 is 0 Å². The van der Waals surface area contributed by atoms with E-state index in [0.717, 1.165) is 30.0 Å². The Morgan fingerprint density at radius 3 is 2.12 bits per heavy atom. The predicted octanol–water partition coefficient (Wildman–Crippen LogP) is 2.99. The van der Waals surface area contributed by atoms with Crippen molar-refractivity contribution in [1.29, 1.82) is 5.26 Å². The van der Waals surface area contributed by atoms with E-state index in [2.05, 4.69) is 10.6 Å². The number of sulfonamides is 1. The zero-order valence-electron chi connectivity index (χ0n) is 21.0. The first-order chi connectivity index (χ1) is 18.8. The second kappa shape index (κ2) is 10.3. The topological polar surface area (TPSA) is 106 Å². The maximum absolute atomic E-state index is 14.1. The largest absolute Gasteiger partial charge is 0.407 e. The van der Waals surface area contributed by atoms with Crippen molar-refractivity contribution in [2.45, 2.75) is 55.1 Å². The number of alkyl halides is 3. The van der Waals surface area contributed by atoms with Gasteiger partial charge in [0, 0.05) is 30.9 Å². The number of halogens is 5. The van der Waals surface area contributed by atoms with Crippen molar-refractivity contribution < 1.29 is 35.2 Å². The highest BCUT2D eigenvalue weighted by Gasteiger charge is 2.51. The highest BCUT2D eigenvalue weighted by Crippen LogP contribution is 2.38. The fourth-order valence-corrected chi connectivity index (χ4v) is 7.24. The molecule has 214 valence electrons. The molecule has 3 aliphatic rings. The second-order valence-corrected chi connectivity index (χ2v) is 12.4. The molecule has 0 aromatic heterocycles. The van der Waals surface area contributed by atoms with Crippen molar-refractivity contribution in [3.63, 3.8) is 0 Å². The highest BCUT2D eigenvalue weighted by molar-refractivity contribution is 7.89. The summed E-state index contributed by atoms with van der Waals surface area (Å²) in [5.41, 5.74) is -0.920. The van der Waals surface area contributed by atoms with Crippen molar-refractivity contribution in [3.8, 4) is 6.07 Å². The van der Waals surface area contributed by atoms with Gasteiger partial charge in [-0.15, -0.1) is 0 Å². The third-order valence-electron chi connectivity index (χ3n) is 7.62. The molecule has 3 fully saturated rings. The van der Waals surface area contributed by atoms with E-state index in [0.29, 0.717) is 25.8 Å². The fraction of sp³-hybridized carbons (Fsp3) is 0.462. The van der Waals surface area contributed by atoms with Crippen molar-refractivity contribution in [3.05, 3.63) is 65.7 Å². The van der Waals surface area contributed by atoms with Gasteiger partial charge in [0.1, 0.15) is 29.3 Å². The number of rotatable bonds is 9. The Labute approximate surface area is 227 Å². The Hall–Kier alpha value is -3.28. The number of piperazine rings is 1. The smallest absolute Gasteiger partial charge is 0.366 e. The number of amides is 1. The lowest BCUT2D eigenvalue weighted by molar-refractivity contribution is -0.160. The van der Waals surface area contributed by atoms with E-state index in [1.165, 1.54) is 16.4 Å². The van der Waals surface area contributed by atoms with Gasteiger partial charge in [-0.25, -0.2) is 17.2 Å². The van der Waals surface area contributed by atoms with Gasteiger partial charge in [0.05, 0.1) is 11.8 Å². The Morgan fingerprint density at radius 2 is 1.62 bits per heavy atom. The number of hydrogen-bond acceptors (Lipinski definition) is 6. The first-order valence-corrected chi connectivity index (χ1v) is 14.2. The third kappa shape index (κ3) is 5.77. The van der Waals surface area contributed by atoms with E-state index in [4.69, 9.17) is 0 Å². The summed E-state index contributed by atoms with van der Waals surface area (Å²) in [5, 5.41) is 13.9. The maximum Gasteiger partial charge on any atom is 0.407 e. The molecular weight excluding hydrogens is 557 g/mol. The summed E-state index contributed by atoms with van der Waals surface area (Å²) in [7, 11) is -4.26. The van der Waals surface area contributed by atoms with E-state index in [1.807, 2.05) is 11.0 Å².